The lowest BCUT2D eigenvalue weighted by atomic mass is 9.99. The van der Waals surface area contributed by atoms with Crippen molar-refractivity contribution in [3.8, 4) is 5.75 Å². The minimum Gasteiger partial charge on any atom is -0.489 e. The van der Waals surface area contributed by atoms with Crippen molar-refractivity contribution in [3.05, 3.63) is 102 Å². The molecule has 3 atom stereocenters. The maximum atomic E-state index is 13.0. The van der Waals surface area contributed by atoms with Crippen LogP contribution in [0.3, 0.4) is 0 Å². The van der Waals surface area contributed by atoms with Gasteiger partial charge in [-0.1, -0.05) is 72.8 Å². The number of carbonyl (C=O) groups excluding carboxylic acids is 1. The number of amides is 2. The van der Waals surface area contributed by atoms with Crippen LogP contribution in [0, 0.1) is 0 Å². The Balaban J connectivity index is 1.85. The molecule has 6 nitrogen and oxygen atoms in total. The first kappa shape index (κ1) is 24.3. The zero-order valence-corrected chi connectivity index (χ0v) is 19.3. The predicted molar refractivity (Wildman–Crippen MR) is 129 cm³/mol. The maximum absolute atomic E-state index is 13.0. The summed E-state index contributed by atoms with van der Waals surface area (Å²) in [6.07, 6.45) is -1.39. The van der Waals surface area contributed by atoms with Gasteiger partial charge in [-0.25, -0.2) is 4.79 Å². The van der Waals surface area contributed by atoms with Crippen LogP contribution >= 0.6 is 0 Å². The predicted octanol–water partition coefficient (Wildman–Crippen LogP) is 4.89. The van der Waals surface area contributed by atoms with Crippen molar-refractivity contribution in [1.29, 1.82) is 0 Å². The molecule has 33 heavy (non-hydrogen) atoms. The molecule has 0 saturated heterocycles. The van der Waals surface area contributed by atoms with E-state index in [0.717, 1.165) is 22.4 Å². The van der Waals surface area contributed by atoms with Crippen LogP contribution in [0.4, 0.5) is 4.79 Å². The molecule has 0 aliphatic carbocycles. The molecular weight excluding hydrogens is 416 g/mol. The number of hydrogen-bond acceptors (Lipinski definition) is 4. The molecule has 2 amide bonds. The van der Waals surface area contributed by atoms with E-state index in [-0.39, 0.29) is 6.03 Å². The normalized spacial score (nSPS) is 13.6. The number of urea groups is 1. The van der Waals surface area contributed by atoms with Gasteiger partial charge in [0.15, 0.2) is 6.29 Å². The molecule has 0 bridgehead atoms. The number of nitrogens with zero attached hydrogens (tertiary/aromatic N) is 1. The number of aliphatic hydroxyl groups is 1. The van der Waals surface area contributed by atoms with Crippen LogP contribution in [-0.2, 0) is 17.9 Å². The fourth-order valence-electron chi connectivity index (χ4n) is 3.85. The number of aliphatic hydroxyl groups excluding tert-OH is 1. The molecule has 0 aliphatic heterocycles. The average Bonchev–Trinajstić information content (AvgIpc) is 2.83. The lowest BCUT2D eigenvalue weighted by Gasteiger charge is -2.36. The minimum atomic E-state index is -0.951. The summed E-state index contributed by atoms with van der Waals surface area (Å²) in [5.41, 5.74) is 2.93. The Bertz CT molecular complexity index is 995. The summed E-state index contributed by atoms with van der Waals surface area (Å²) in [6, 6.07) is 26.8. The van der Waals surface area contributed by atoms with Gasteiger partial charge in [0.25, 0.3) is 0 Å². The molecule has 0 spiro atoms. The monoisotopic (exact) mass is 448 g/mol. The number of rotatable bonds is 10. The molecule has 3 aromatic carbocycles. The van der Waals surface area contributed by atoms with Crippen molar-refractivity contribution in [2.75, 3.05) is 7.05 Å². The van der Waals surface area contributed by atoms with Gasteiger partial charge < -0.3 is 24.8 Å². The van der Waals surface area contributed by atoms with Gasteiger partial charge in [0.2, 0.25) is 0 Å². The fourth-order valence-corrected chi connectivity index (χ4v) is 3.85. The summed E-state index contributed by atoms with van der Waals surface area (Å²) in [7, 11) is 1.61. The molecule has 3 rings (SSSR count). The van der Waals surface area contributed by atoms with Crippen LogP contribution in [0.2, 0.25) is 0 Å². The van der Waals surface area contributed by atoms with Gasteiger partial charge >= 0.3 is 6.03 Å². The molecule has 3 unspecified atom stereocenters. The topological polar surface area (TPSA) is 71.0 Å². The van der Waals surface area contributed by atoms with Gasteiger partial charge in [-0.15, -0.1) is 0 Å². The highest BCUT2D eigenvalue weighted by molar-refractivity contribution is 5.74. The Kier molecular flexibility index (Phi) is 8.87. The fraction of sp³-hybridized carbons (Fsp3) is 0.296. The summed E-state index contributed by atoms with van der Waals surface area (Å²) in [5, 5.41) is 12.6. The van der Waals surface area contributed by atoms with Crippen molar-refractivity contribution < 1.29 is 19.4 Å². The third-order valence-electron chi connectivity index (χ3n) is 5.31. The van der Waals surface area contributed by atoms with Gasteiger partial charge in [-0.3, -0.25) is 0 Å². The molecule has 0 aromatic heterocycles. The SMILES string of the molecule is CNC(=O)N(Cc1cccc(OCc2ccccc2)c1)C(c1ccccc1)C(C)OC(C)O. The first-order valence-electron chi connectivity index (χ1n) is 11.1. The third kappa shape index (κ3) is 7.07. The van der Waals surface area contributed by atoms with E-state index in [1.807, 2.05) is 91.9 Å². The Hall–Kier alpha value is -3.35. The first-order valence-corrected chi connectivity index (χ1v) is 11.1. The average molecular weight is 449 g/mol. The second kappa shape index (κ2) is 12.0. The van der Waals surface area contributed by atoms with Gasteiger partial charge in [-0.05, 0) is 42.7 Å². The molecule has 3 aromatic rings. The van der Waals surface area contributed by atoms with E-state index in [9.17, 15) is 9.90 Å². The Labute approximate surface area is 195 Å². The quantitative estimate of drug-likeness (QED) is 0.433. The lowest BCUT2D eigenvalue weighted by Crippen LogP contribution is -2.45. The van der Waals surface area contributed by atoms with E-state index in [1.54, 1.807) is 18.9 Å². The molecule has 0 heterocycles. The van der Waals surface area contributed by atoms with Crippen LogP contribution < -0.4 is 10.1 Å². The molecule has 0 radical (unpaired) electrons. The van der Waals surface area contributed by atoms with Gasteiger partial charge in [0.05, 0.1) is 12.1 Å². The molecule has 174 valence electrons. The largest absolute Gasteiger partial charge is 0.489 e. The van der Waals surface area contributed by atoms with E-state index < -0.39 is 18.4 Å². The van der Waals surface area contributed by atoms with Gasteiger partial charge in [0, 0.05) is 13.6 Å². The molecule has 0 fully saturated rings. The highest BCUT2D eigenvalue weighted by Gasteiger charge is 2.31. The molecule has 0 aliphatic rings. The van der Waals surface area contributed by atoms with Crippen molar-refractivity contribution in [1.82, 2.24) is 10.2 Å². The molecular formula is C27H32N2O4. The summed E-state index contributed by atoms with van der Waals surface area (Å²) in [6.45, 7) is 4.24. The van der Waals surface area contributed by atoms with Crippen molar-refractivity contribution >= 4 is 6.03 Å². The maximum Gasteiger partial charge on any atom is 0.318 e. The minimum absolute atomic E-state index is 0.236. The van der Waals surface area contributed by atoms with E-state index >= 15 is 0 Å². The second-order valence-electron chi connectivity index (χ2n) is 7.90. The highest BCUT2D eigenvalue weighted by atomic mass is 16.6. The van der Waals surface area contributed by atoms with E-state index in [1.165, 1.54) is 0 Å². The first-order chi connectivity index (χ1) is 16.0. The number of hydrogen-bond donors (Lipinski definition) is 2. The van der Waals surface area contributed by atoms with Crippen LogP contribution in [0.5, 0.6) is 5.75 Å². The Morgan fingerprint density at radius 1 is 0.939 bits per heavy atom. The zero-order chi connectivity index (χ0) is 23.6. The van der Waals surface area contributed by atoms with Crippen LogP contribution in [-0.4, -0.2) is 35.5 Å². The van der Waals surface area contributed by atoms with Gasteiger partial charge in [-0.2, -0.15) is 0 Å². The van der Waals surface area contributed by atoms with E-state index in [2.05, 4.69) is 5.32 Å². The summed E-state index contributed by atoms with van der Waals surface area (Å²) < 4.78 is 11.7. The van der Waals surface area contributed by atoms with E-state index in [4.69, 9.17) is 9.47 Å². The van der Waals surface area contributed by atoms with Crippen LogP contribution in [0.25, 0.3) is 0 Å². The van der Waals surface area contributed by atoms with Gasteiger partial charge in [0.1, 0.15) is 12.4 Å². The standard InChI is InChI=1S/C27H32N2O4/c1-20(33-21(2)30)26(24-14-8-5-9-15-24)29(27(31)28-3)18-23-13-10-16-25(17-23)32-19-22-11-6-4-7-12-22/h4-17,20-21,26,30H,18-19H2,1-3H3,(H,28,31). The summed E-state index contributed by atoms with van der Waals surface area (Å²) in [5.74, 6) is 0.734. The summed E-state index contributed by atoms with van der Waals surface area (Å²) in [4.78, 5) is 14.7. The smallest absolute Gasteiger partial charge is 0.318 e. The zero-order valence-electron chi connectivity index (χ0n) is 19.3. The third-order valence-corrected chi connectivity index (χ3v) is 5.31. The van der Waals surface area contributed by atoms with Crippen molar-refractivity contribution in [3.63, 3.8) is 0 Å². The Morgan fingerprint density at radius 2 is 1.58 bits per heavy atom. The van der Waals surface area contributed by atoms with Crippen molar-refractivity contribution in [2.45, 2.75) is 45.4 Å². The van der Waals surface area contributed by atoms with E-state index in [0.29, 0.717) is 13.2 Å². The number of nitrogens with one attached hydrogen (secondary N) is 1. The second-order valence-corrected chi connectivity index (χ2v) is 7.90. The number of benzene rings is 3. The molecule has 2 N–H and O–H groups in total. The Morgan fingerprint density at radius 3 is 2.21 bits per heavy atom. The van der Waals surface area contributed by atoms with Crippen molar-refractivity contribution in [2.24, 2.45) is 0 Å². The van der Waals surface area contributed by atoms with Crippen LogP contribution in [0.1, 0.15) is 36.6 Å². The van der Waals surface area contributed by atoms with Crippen LogP contribution in [0.15, 0.2) is 84.9 Å². The lowest BCUT2D eigenvalue weighted by molar-refractivity contribution is -0.137. The molecule has 0 saturated carbocycles. The summed E-state index contributed by atoms with van der Waals surface area (Å²) >= 11 is 0. The highest BCUT2D eigenvalue weighted by Crippen LogP contribution is 2.29. The number of carbonyl (C=O) groups is 1. The number of ether oxygens (including phenoxy) is 2. The molecule has 6 heteroatoms.